The van der Waals surface area contributed by atoms with E-state index in [2.05, 4.69) is 0 Å². The normalized spacial score (nSPS) is 11.6. The Balaban J connectivity index is 2.06. The molecular formula is C22H29NO4. The summed E-state index contributed by atoms with van der Waals surface area (Å²) in [5.74, 6) is 2.30. The van der Waals surface area contributed by atoms with Crippen LogP contribution >= 0.6 is 0 Å². The molecule has 2 aromatic rings. The number of nitrogens with zero attached hydrogens (tertiary/aromatic N) is 1. The van der Waals surface area contributed by atoms with Crippen LogP contribution in [0.1, 0.15) is 37.4 Å². The first kappa shape index (κ1) is 20.6. The second-order valence-electron chi connectivity index (χ2n) is 6.32. The van der Waals surface area contributed by atoms with Gasteiger partial charge in [0.1, 0.15) is 5.75 Å². The molecule has 5 heteroatoms. The summed E-state index contributed by atoms with van der Waals surface area (Å²) >= 11 is 0. The Hall–Kier alpha value is -2.69. The zero-order valence-electron chi connectivity index (χ0n) is 16.8. The average Bonchev–Trinajstić information content (AvgIpc) is 2.72. The number of benzene rings is 2. The first-order valence-corrected chi connectivity index (χ1v) is 9.18. The number of hydrogen-bond acceptors (Lipinski definition) is 4. The molecule has 0 radical (unpaired) electrons. The van der Waals surface area contributed by atoms with Crippen molar-refractivity contribution in [2.24, 2.45) is 0 Å². The molecule has 0 aliphatic carbocycles. The molecule has 146 valence electrons. The third-order valence-corrected chi connectivity index (χ3v) is 4.78. The summed E-state index contributed by atoms with van der Waals surface area (Å²) in [5.41, 5.74) is 2.11. The maximum Gasteiger partial charge on any atom is 0.223 e. The summed E-state index contributed by atoms with van der Waals surface area (Å²) < 4.78 is 15.9. The van der Waals surface area contributed by atoms with E-state index in [0.29, 0.717) is 30.9 Å². The van der Waals surface area contributed by atoms with E-state index < -0.39 is 0 Å². The van der Waals surface area contributed by atoms with Crippen LogP contribution in [0.25, 0.3) is 0 Å². The fraction of sp³-hybridized carbons (Fsp3) is 0.409. The van der Waals surface area contributed by atoms with E-state index in [1.54, 1.807) is 21.3 Å². The molecule has 5 nitrogen and oxygen atoms in total. The number of carbonyl (C=O) groups is 1. The maximum atomic E-state index is 12.8. The molecule has 0 aliphatic heterocycles. The number of aryl methyl sites for hydroxylation is 1. The zero-order chi connectivity index (χ0) is 19.8. The molecule has 0 bridgehead atoms. The highest BCUT2D eigenvalue weighted by molar-refractivity contribution is 5.77. The lowest BCUT2D eigenvalue weighted by Gasteiger charge is -2.29. The molecule has 0 saturated carbocycles. The SMILES string of the molecule is CCN(C(=O)CCc1ccc(OC)c(OC)c1)C(C)c1cccc(OC)c1. The Labute approximate surface area is 161 Å². The molecule has 1 atom stereocenters. The smallest absolute Gasteiger partial charge is 0.223 e. The van der Waals surface area contributed by atoms with Crippen LogP contribution < -0.4 is 14.2 Å². The number of carbonyl (C=O) groups excluding carboxylic acids is 1. The molecule has 0 spiro atoms. The van der Waals surface area contributed by atoms with Crippen molar-refractivity contribution in [3.8, 4) is 17.2 Å². The third kappa shape index (κ3) is 5.16. The van der Waals surface area contributed by atoms with Crippen molar-refractivity contribution >= 4 is 5.91 Å². The van der Waals surface area contributed by atoms with Crippen LogP contribution in [-0.4, -0.2) is 38.7 Å². The maximum absolute atomic E-state index is 12.8. The van der Waals surface area contributed by atoms with E-state index in [9.17, 15) is 4.79 Å². The fourth-order valence-electron chi connectivity index (χ4n) is 3.18. The van der Waals surface area contributed by atoms with Gasteiger partial charge in [0.15, 0.2) is 11.5 Å². The standard InChI is InChI=1S/C22H29NO4/c1-6-23(16(2)18-8-7-9-19(15-18)25-3)22(24)13-11-17-10-12-20(26-4)21(14-17)27-5/h7-10,12,14-16H,6,11,13H2,1-5H3. The molecule has 2 aromatic carbocycles. The molecule has 1 unspecified atom stereocenters. The van der Waals surface area contributed by atoms with Crippen LogP contribution in [0.2, 0.25) is 0 Å². The lowest BCUT2D eigenvalue weighted by Crippen LogP contribution is -2.33. The first-order valence-electron chi connectivity index (χ1n) is 9.18. The van der Waals surface area contributed by atoms with Crippen molar-refractivity contribution < 1.29 is 19.0 Å². The Morgan fingerprint density at radius 1 is 1.00 bits per heavy atom. The van der Waals surface area contributed by atoms with Gasteiger partial charge in [-0.3, -0.25) is 4.79 Å². The van der Waals surface area contributed by atoms with Crippen LogP contribution in [0.3, 0.4) is 0 Å². The van der Waals surface area contributed by atoms with Gasteiger partial charge in [-0.25, -0.2) is 0 Å². The van der Waals surface area contributed by atoms with E-state index in [1.807, 2.05) is 61.2 Å². The van der Waals surface area contributed by atoms with Gasteiger partial charge in [0.25, 0.3) is 0 Å². The van der Waals surface area contributed by atoms with Gasteiger partial charge in [-0.05, 0) is 55.7 Å². The van der Waals surface area contributed by atoms with Crippen LogP contribution in [-0.2, 0) is 11.2 Å². The molecule has 0 fully saturated rings. The second kappa shape index (κ2) is 9.86. The lowest BCUT2D eigenvalue weighted by atomic mass is 10.0. The topological polar surface area (TPSA) is 48.0 Å². The van der Waals surface area contributed by atoms with Gasteiger partial charge in [-0.15, -0.1) is 0 Å². The predicted molar refractivity (Wildman–Crippen MR) is 107 cm³/mol. The summed E-state index contributed by atoms with van der Waals surface area (Å²) in [7, 11) is 4.87. The van der Waals surface area contributed by atoms with Gasteiger partial charge in [0.05, 0.1) is 27.4 Å². The third-order valence-electron chi connectivity index (χ3n) is 4.78. The number of methoxy groups -OCH3 is 3. The number of hydrogen-bond donors (Lipinski definition) is 0. The molecule has 1 amide bonds. The molecule has 0 N–H and O–H groups in total. The summed E-state index contributed by atoms with van der Waals surface area (Å²) in [6.45, 7) is 4.71. The van der Waals surface area contributed by atoms with E-state index >= 15 is 0 Å². The minimum Gasteiger partial charge on any atom is -0.497 e. The summed E-state index contributed by atoms with van der Waals surface area (Å²) in [5, 5.41) is 0. The van der Waals surface area contributed by atoms with Gasteiger partial charge in [0.2, 0.25) is 5.91 Å². The van der Waals surface area contributed by atoms with Crippen LogP contribution in [0.15, 0.2) is 42.5 Å². The van der Waals surface area contributed by atoms with Crippen molar-refractivity contribution in [1.82, 2.24) is 4.90 Å². The van der Waals surface area contributed by atoms with Crippen molar-refractivity contribution in [1.29, 1.82) is 0 Å². The highest BCUT2D eigenvalue weighted by atomic mass is 16.5. The number of ether oxygens (including phenoxy) is 3. The average molecular weight is 371 g/mol. The van der Waals surface area contributed by atoms with Crippen LogP contribution in [0, 0.1) is 0 Å². The summed E-state index contributed by atoms with van der Waals surface area (Å²) in [6, 6.07) is 13.6. The highest BCUT2D eigenvalue weighted by Crippen LogP contribution is 2.29. The van der Waals surface area contributed by atoms with E-state index in [4.69, 9.17) is 14.2 Å². The zero-order valence-corrected chi connectivity index (χ0v) is 16.8. The fourth-order valence-corrected chi connectivity index (χ4v) is 3.18. The van der Waals surface area contributed by atoms with Crippen LogP contribution in [0.4, 0.5) is 0 Å². The van der Waals surface area contributed by atoms with Gasteiger partial charge < -0.3 is 19.1 Å². The van der Waals surface area contributed by atoms with Crippen molar-refractivity contribution in [3.63, 3.8) is 0 Å². The quantitative estimate of drug-likeness (QED) is 0.661. The molecule has 0 aliphatic rings. The minimum absolute atomic E-state index is 0.0111. The van der Waals surface area contributed by atoms with Crippen LogP contribution in [0.5, 0.6) is 17.2 Å². The first-order chi connectivity index (χ1) is 13.0. The van der Waals surface area contributed by atoms with E-state index in [0.717, 1.165) is 16.9 Å². The molecule has 0 saturated heterocycles. The Bertz CT molecular complexity index is 760. The molecule has 0 aromatic heterocycles. The van der Waals surface area contributed by atoms with Gasteiger partial charge in [0, 0.05) is 13.0 Å². The largest absolute Gasteiger partial charge is 0.497 e. The Morgan fingerprint density at radius 3 is 2.37 bits per heavy atom. The molecule has 2 rings (SSSR count). The van der Waals surface area contributed by atoms with Gasteiger partial charge >= 0.3 is 0 Å². The lowest BCUT2D eigenvalue weighted by molar-refractivity contribution is -0.133. The van der Waals surface area contributed by atoms with Crippen molar-refractivity contribution in [2.75, 3.05) is 27.9 Å². The summed E-state index contributed by atoms with van der Waals surface area (Å²) in [6.07, 6.45) is 1.10. The predicted octanol–water partition coefficient (Wildman–Crippen LogP) is 4.25. The number of rotatable bonds is 9. The minimum atomic E-state index is -0.0111. The Morgan fingerprint density at radius 2 is 1.74 bits per heavy atom. The molecule has 27 heavy (non-hydrogen) atoms. The van der Waals surface area contributed by atoms with Crippen molar-refractivity contribution in [3.05, 3.63) is 53.6 Å². The van der Waals surface area contributed by atoms with E-state index in [-0.39, 0.29) is 11.9 Å². The van der Waals surface area contributed by atoms with Gasteiger partial charge in [-0.1, -0.05) is 18.2 Å². The van der Waals surface area contributed by atoms with E-state index in [1.165, 1.54) is 0 Å². The monoisotopic (exact) mass is 371 g/mol. The molecular weight excluding hydrogens is 342 g/mol. The van der Waals surface area contributed by atoms with Gasteiger partial charge in [-0.2, -0.15) is 0 Å². The number of amides is 1. The van der Waals surface area contributed by atoms with Crippen molar-refractivity contribution in [2.45, 2.75) is 32.7 Å². The molecule has 0 heterocycles. The summed E-state index contributed by atoms with van der Waals surface area (Å²) in [4.78, 5) is 14.7. The highest BCUT2D eigenvalue weighted by Gasteiger charge is 2.20. The second-order valence-corrected chi connectivity index (χ2v) is 6.32. The Kier molecular flexibility index (Phi) is 7.53.